The van der Waals surface area contributed by atoms with E-state index in [2.05, 4.69) is 25.7 Å². The number of aliphatic imine (C=N–C) groups is 1. The number of rotatable bonds is 7. The van der Waals surface area contributed by atoms with E-state index in [1.165, 1.54) is 5.56 Å². The maximum atomic E-state index is 12.6. The third-order valence-corrected chi connectivity index (χ3v) is 4.81. The maximum Gasteiger partial charge on any atom is 0.417 e. The molecule has 0 aliphatic heterocycles. The van der Waals surface area contributed by atoms with Crippen LogP contribution in [0.25, 0.3) is 0 Å². The number of nitrogens with one attached hydrogen (secondary N) is 2. The molecule has 0 saturated carbocycles. The predicted octanol–water partition coefficient (Wildman–Crippen LogP) is 3.28. The summed E-state index contributed by atoms with van der Waals surface area (Å²) < 4.78 is 45.2. The molecule has 2 N–H and O–H groups in total. The van der Waals surface area contributed by atoms with Crippen LogP contribution in [0, 0.1) is 13.8 Å². The van der Waals surface area contributed by atoms with E-state index in [4.69, 9.17) is 16.3 Å². The number of hydrogen-bond donors (Lipinski definition) is 2. The van der Waals surface area contributed by atoms with E-state index in [0.717, 1.165) is 23.9 Å². The molecule has 166 valence electrons. The largest absolute Gasteiger partial charge is 0.475 e. The number of aromatic nitrogens is 3. The molecule has 0 aliphatic rings. The van der Waals surface area contributed by atoms with Gasteiger partial charge in [0.15, 0.2) is 5.96 Å². The quantitative estimate of drug-likeness (QED) is 0.388. The summed E-state index contributed by atoms with van der Waals surface area (Å²) in [7, 11) is 3.57. The Morgan fingerprint density at radius 1 is 1.37 bits per heavy atom. The van der Waals surface area contributed by atoms with Crippen molar-refractivity contribution in [3.63, 3.8) is 0 Å². The highest BCUT2D eigenvalue weighted by Gasteiger charge is 2.31. The fraction of sp³-hybridized carbons (Fsp3) is 0.526. The molecule has 0 aromatic carbocycles. The van der Waals surface area contributed by atoms with E-state index in [1.807, 2.05) is 32.5 Å². The first kappa shape index (κ1) is 23.8. The molecule has 0 amide bonds. The van der Waals surface area contributed by atoms with Crippen LogP contribution >= 0.6 is 11.6 Å². The lowest BCUT2D eigenvalue weighted by molar-refractivity contribution is -0.137. The number of nitrogens with zero attached hydrogens (tertiary/aromatic N) is 4. The van der Waals surface area contributed by atoms with Crippen LogP contribution in [-0.2, 0) is 19.6 Å². The number of ether oxygens (including phenoxy) is 1. The number of guanidine groups is 1. The standard InChI is InChI=1S/C19H26ClF3N6O/c1-11(8-15-12(2)28-29(5)13(15)3)27-18(24-4)25-6-7-30-17-16(20)9-14(10-26-17)19(21,22)23/h9-11H,6-8H2,1-5H3,(H2,24,25,27). The zero-order valence-electron chi connectivity index (χ0n) is 17.6. The van der Waals surface area contributed by atoms with Crippen LogP contribution in [0.15, 0.2) is 17.3 Å². The van der Waals surface area contributed by atoms with Crippen molar-refractivity contribution >= 4 is 17.6 Å². The Bertz CT molecular complexity index is 897. The van der Waals surface area contributed by atoms with Crippen molar-refractivity contribution in [1.29, 1.82) is 0 Å². The Morgan fingerprint density at radius 2 is 2.07 bits per heavy atom. The number of aryl methyl sites for hydroxylation is 2. The summed E-state index contributed by atoms with van der Waals surface area (Å²) in [6.45, 7) is 6.57. The molecule has 11 heteroatoms. The Hall–Kier alpha value is -2.49. The van der Waals surface area contributed by atoms with Crippen molar-refractivity contribution in [3.05, 3.63) is 39.8 Å². The molecule has 0 saturated heterocycles. The second kappa shape index (κ2) is 10.0. The van der Waals surface area contributed by atoms with Crippen LogP contribution in [0.1, 0.15) is 29.4 Å². The molecule has 1 atom stereocenters. The highest BCUT2D eigenvalue weighted by molar-refractivity contribution is 6.31. The molecule has 7 nitrogen and oxygen atoms in total. The number of hydrogen-bond acceptors (Lipinski definition) is 4. The number of alkyl halides is 3. The van der Waals surface area contributed by atoms with Crippen LogP contribution < -0.4 is 15.4 Å². The zero-order valence-corrected chi connectivity index (χ0v) is 18.3. The topological polar surface area (TPSA) is 76.4 Å². The average molecular weight is 447 g/mol. The lowest BCUT2D eigenvalue weighted by atomic mass is 10.1. The van der Waals surface area contributed by atoms with Crippen molar-refractivity contribution in [2.75, 3.05) is 20.2 Å². The third-order valence-electron chi connectivity index (χ3n) is 4.54. The molecule has 2 heterocycles. The van der Waals surface area contributed by atoms with Crippen molar-refractivity contribution in [2.45, 2.75) is 39.4 Å². The first-order valence-corrected chi connectivity index (χ1v) is 9.72. The van der Waals surface area contributed by atoms with Crippen LogP contribution in [0.4, 0.5) is 13.2 Å². The predicted molar refractivity (Wildman–Crippen MR) is 110 cm³/mol. The second-order valence-corrected chi connectivity index (χ2v) is 7.29. The van der Waals surface area contributed by atoms with Crippen molar-refractivity contribution in [2.24, 2.45) is 12.0 Å². The third kappa shape index (κ3) is 6.25. The van der Waals surface area contributed by atoms with Gasteiger partial charge < -0.3 is 15.4 Å². The van der Waals surface area contributed by atoms with Gasteiger partial charge in [-0.05, 0) is 38.8 Å². The Labute approximate surface area is 178 Å². The van der Waals surface area contributed by atoms with Crippen molar-refractivity contribution in [1.82, 2.24) is 25.4 Å². The molecule has 0 fully saturated rings. The molecule has 30 heavy (non-hydrogen) atoms. The highest BCUT2D eigenvalue weighted by Crippen LogP contribution is 2.32. The maximum absolute atomic E-state index is 12.6. The van der Waals surface area contributed by atoms with Crippen LogP contribution in [0.5, 0.6) is 5.88 Å². The van der Waals surface area contributed by atoms with Gasteiger partial charge in [0.1, 0.15) is 11.6 Å². The molecule has 0 spiro atoms. The first-order valence-electron chi connectivity index (χ1n) is 9.34. The van der Waals surface area contributed by atoms with Gasteiger partial charge in [-0.2, -0.15) is 18.3 Å². The number of pyridine rings is 1. The van der Waals surface area contributed by atoms with Gasteiger partial charge in [-0.15, -0.1) is 0 Å². The fourth-order valence-electron chi connectivity index (χ4n) is 2.90. The summed E-state index contributed by atoms with van der Waals surface area (Å²) in [6, 6.07) is 0.895. The normalized spacial score (nSPS) is 13.3. The summed E-state index contributed by atoms with van der Waals surface area (Å²) in [4.78, 5) is 7.81. The molecule has 0 radical (unpaired) electrons. The minimum atomic E-state index is -4.50. The van der Waals surface area contributed by atoms with Gasteiger partial charge in [0, 0.05) is 32.0 Å². The SMILES string of the molecule is CN=C(NCCOc1ncc(C(F)(F)F)cc1Cl)NC(C)Cc1c(C)nn(C)c1C. The molecule has 2 aromatic heterocycles. The van der Waals surface area contributed by atoms with Gasteiger partial charge in [-0.1, -0.05) is 11.6 Å². The van der Waals surface area contributed by atoms with Crippen molar-refractivity contribution < 1.29 is 17.9 Å². The van der Waals surface area contributed by atoms with Gasteiger partial charge >= 0.3 is 6.18 Å². The smallest absolute Gasteiger partial charge is 0.417 e. The van der Waals surface area contributed by atoms with Gasteiger partial charge in [0.25, 0.3) is 0 Å². The molecule has 0 bridgehead atoms. The van der Waals surface area contributed by atoms with E-state index >= 15 is 0 Å². The van der Waals surface area contributed by atoms with E-state index in [-0.39, 0.29) is 23.6 Å². The summed E-state index contributed by atoms with van der Waals surface area (Å²) >= 11 is 5.83. The Morgan fingerprint density at radius 3 is 2.60 bits per heavy atom. The Kier molecular flexibility index (Phi) is 7.94. The monoisotopic (exact) mass is 446 g/mol. The van der Waals surface area contributed by atoms with E-state index in [9.17, 15) is 13.2 Å². The van der Waals surface area contributed by atoms with Crippen molar-refractivity contribution in [3.8, 4) is 5.88 Å². The summed E-state index contributed by atoms with van der Waals surface area (Å²) in [6.07, 6.45) is -3.02. The second-order valence-electron chi connectivity index (χ2n) is 6.88. The fourth-order valence-corrected chi connectivity index (χ4v) is 3.12. The van der Waals surface area contributed by atoms with E-state index < -0.39 is 11.7 Å². The van der Waals surface area contributed by atoms with Gasteiger partial charge in [-0.3, -0.25) is 9.67 Å². The minimum absolute atomic E-state index is 0.0506. The lowest BCUT2D eigenvalue weighted by Gasteiger charge is -2.18. The average Bonchev–Trinajstić information content (AvgIpc) is 2.90. The molecular weight excluding hydrogens is 421 g/mol. The summed E-state index contributed by atoms with van der Waals surface area (Å²) in [5.41, 5.74) is 2.40. The minimum Gasteiger partial charge on any atom is -0.475 e. The zero-order chi connectivity index (χ0) is 22.5. The molecule has 2 rings (SSSR count). The van der Waals surface area contributed by atoms with Crippen LogP contribution in [-0.4, -0.2) is 47.0 Å². The molecule has 0 aliphatic carbocycles. The van der Waals surface area contributed by atoms with Gasteiger partial charge in [0.05, 0.1) is 17.8 Å². The van der Waals surface area contributed by atoms with Crippen LogP contribution in [0.2, 0.25) is 5.02 Å². The highest BCUT2D eigenvalue weighted by atomic mass is 35.5. The molecular formula is C19H26ClF3N6O. The molecule has 2 aromatic rings. The lowest BCUT2D eigenvalue weighted by Crippen LogP contribution is -2.44. The van der Waals surface area contributed by atoms with Gasteiger partial charge in [0.2, 0.25) is 5.88 Å². The van der Waals surface area contributed by atoms with Crippen LogP contribution in [0.3, 0.4) is 0 Å². The summed E-state index contributed by atoms with van der Waals surface area (Å²) in [5, 5.41) is 10.6. The van der Waals surface area contributed by atoms with E-state index in [0.29, 0.717) is 18.7 Å². The Balaban J connectivity index is 1.82. The van der Waals surface area contributed by atoms with E-state index in [1.54, 1.807) is 7.05 Å². The number of halogens is 4. The summed E-state index contributed by atoms with van der Waals surface area (Å²) in [5.74, 6) is 0.530. The first-order chi connectivity index (χ1) is 14.0. The van der Waals surface area contributed by atoms with Gasteiger partial charge in [-0.25, -0.2) is 4.98 Å². The molecule has 1 unspecified atom stereocenters.